The van der Waals surface area contributed by atoms with Gasteiger partial charge in [0, 0.05) is 0 Å². The molecule has 0 heterocycles. The fourth-order valence-electron chi connectivity index (χ4n) is 1.12. The first-order valence-corrected chi connectivity index (χ1v) is 5.45. The first kappa shape index (κ1) is 17.6. The number of halogens is 5. The standard InChI is InChI=1S/C10H14F5NO3/c1-3-6(8(18)19-4-2)7(17)16-5-9(11,12)10(13,14)15/h6H,3-5H2,1-2H3,(H,16,17). The van der Waals surface area contributed by atoms with Gasteiger partial charge in [0.2, 0.25) is 5.91 Å². The molecule has 112 valence electrons. The lowest BCUT2D eigenvalue weighted by atomic mass is 10.1. The van der Waals surface area contributed by atoms with Gasteiger partial charge in [0.1, 0.15) is 5.92 Å². The highest BCUT2D eigenvalue weighted by atomic mass is 19.4. The molecule has 1 N–H and O–H groups in total. The van der Waals surface area contributed by atoms with Crippen LogP contribution in [-0.4, -0.2) is 37.1 Å². The summed E-state index contributed by atoms with van der Waals surface area (Å²) in [6.45, 7) is 0.940. The molecule has 0 aliphatic heterocycles. The van der Waals surface area contributed by atoms with Gasteiger partial charge in [0.15, 0.2) is 0 Å². The first-order chi connectivity index (χ1) is 8.56. The average molecular weight is 291 g/mol. The van der Waals surface area contributed by atoms with Gasteiger partial charge in [-0.2, -0.15) is 22.0 Å². The summed E-state index contributed by atoms with van der Waals surface area (Å²) in [6.07, 6.45) is -5.83. The molecule has 9 heteroatoms. The smallest absolute Gasteiger partial charge is 0.455 e. The van der Waals surface area contributed by atoms with E-state index in [1.165, 1.54) is 19.2 Å². The number of rotatable bonds is 6. The number of alkyl halides is 5. The number of hydrogen-bond donors (Lipinski definition) is 1. The summed E-state index contributed by atoms with van der Waals surface area (Å²) >= 11 is 0. The lowest BCUT2D eigenvalue weighted by Crippen LogP contribution is -2.48. The number of ether oxygens (including phenoxy) is 1. The number of hydrogen-bond acceptors (Lipinski definition) is 3. The minimum absolute atomic E-state index is 0.0265. The Morgan fingerprint density at radius 3 is 2.05 bits per heavy atom. The lowest BCUT2D eigenvalue weighted by Gasteiger charge is -2.21. The summed E-state index contributed by atoms with van der Waals surface area (Å²) in [5.41, 5.74) is 0. The van der Waals surface area contributed by atoms with Crippen molar-refractivity contribution in [3.63, 3.8) is 0 Å². The highest BCUT2D eigenvalue weighted by Gasteiger charge is 2.57. The van der Waals surface area contributed by atoms with Crippen LogP contribution in [-0.2, 0) is 14.3 Å². The van der Waals surface area contributed by atoms with E-state index in [0.717, 1.165) is 0 Å². The van der Waals surface area contributed by atoms with Crippen LogP contribution in [0.5, 0.6) is 0 Å². The Hall–Kier alpha value is -1.41. The molecule has 4 nitrogen and oxygen atoms in total. The van der Waals surface area contributed by atoms with Crippen molar-refractivity contribution in [2.24, 2.45) is 5.92 Å². The van der Waals surface area contributed by atoms with Crippen molar-refractivity contribution < 1.29 is 36.3 Å². The highest BCUT2D eigenvalue weighted by Crippen LogP contribution is 2.34. The van der Waals surface area contributed by atoms with E-state index in [-0.39, 0.29) is 13.0 Å². The Kier molecular flexibility index (Phi) is 6.17. The monoisotopic (exact) mass is 291 g/mol. The lowest BCUT2D eigenvalue weighted by molar-refractivity contribution is -0.278. The average Bonchev–Trinajstić information content (AvgIpc) is 2.26. The van der Waals surface area contributed by atoms with Gasteiger partial charge in [-0.05, 0) is 13.3 Å². The van der Waals surface area contributed by atoms with E-state index < -0.39 is 36.4 Å². The second-order valence-corrected chi connectivity index (χ2v) is 3.63. The highest BCUT2D eigenvalue weighted by molar-refractivity contribution is 5.97. The predicted molar refractivity (Wildman–Crippen MR) is 54.4 cm³/mol. The van der Waals surface area contributed by atoms with Crippen molar-refractivity contribution in [3.8, 4) is 0 Å². The van der Waals surface area contributed by atoms with Crippen LogP contribution in [0.3, 0.4) is 0 Å². The Morgan fingerprint density at radius 2 is 1.68 bits per heavy atom. The Bertz CT molecular complexity index is 330. The van der Waals surface area contributed by atoms with E-state index in [2.05, 4.69) is 4.74 Å². The first-order valence-electron chi connectivity index (χ1n) is 5.45. The maximum Gasteiger partial charge on any atom is 0.455 e. The van der Waals surface area contributed by atoms with Crippen LogP contribution < -0.4 is 5.32 Å². The van der Waals surface area contributed by atoms with E-state index in [0.29, 0.717) is 0 Å². The van der Waals surface area contributed by atoms with E-state index in [1.54, 1.807) is 0 Å². The van der Waals surface area contributed by atoms with Gasteiger partial charge in [-0.1, -0.05) is 6.92 Å². The van der Waals surface area contributed by atoms with Gasteiger partial charge in [-0.3, -0.25) is 9.59 Å². The van der Waals surface area contributed by atoms with E-state index >= 15 is 0 Å². The maximum absolute atomic E-state index is 12.6. The summed E-state index contributed by atoms with van der Waals surface area (Å²) in [7, 11) is 0. The van der Waals surface area contributed by atoms with Gasteiger partial charge in [-0.15, -0.1) is 0 Å². The van der Waals surface area contributed by atoms with Crippen LogP contribution >= 0.6 is 0 Å². The Labute approximate surface area is 106 Å². The molecule has 0 aromatic heterocycles. The van der Waals surface area contributed by atoms with Crippen LogP contribution in [0.2, 0.25) is 0 Å². The van der Waals surface area contributed by atoms with E-state index in [1.807, 2.05) is 0 Å². The molecule has 0 saturated carbocycles. The summed E-state index contributed by atoms with van der Waals surface area (Å²) < 4.78 is 65.2. The number of carbonyl (C=O) groups excluding carboxylic acids is 2. The van der Waals surface area contributed by atoms with Crippen molar-refractivity contribution in [2.45, 2.75) is 32.4 Å². The Morgan fingerprint density at radius 1 is 1.16 bits per heavy atom. The molecule has 0 saturated heterocycles. The molecule has 0 aromatic rings. The molecule has 0 fully saturated rings. The molecule has 1 unspecified atom stereocenters. The van der Waals surface area contributed by atoms with Crippen LogP contribution in [0.15, 0.2) is 0 Å². The third kappa shape index (κ3) is 4.99. The van der Waals surface area contributed by atoms with Crippen LogP contribution in [0, 0.1) is 5.92 Å². The van der Waals surface area contributed by atoms with Gasteiger partial charge in [-0.25, -0.2) is 0 Å². The predicted octanol–water partition coefficient (Wildman–Crippen LogP) is 1.89. The largest absolute Gasteiger partial charge is 0.465 e. The third-order valence-corrected chi connectivity index (χ3v) is 2.20. The van der Waals surface area contributed by atoms with Gasteiger partial charge in [0.25, 0.3) is 0 Å². The zero-order valence-corrected chi connectivity index (χ0v) is 10.3. The van der Waals surface area contributed by atoms with Crippen molar-refractivity contribution in [3.05, 3.63) is 0 Å². The summed E-state index contributed by atoms with van der Waals surface area (Å²) in [5.74, 6) is -8.62. The fourth-order valence-corrected chi connectivity index (χ4v) is 1.12. The normalized spacial score (nSPS) is 13.8. The third-order valence-electron chi connectivity index (χ3n) is 2.20. The van der Waals surface area contributed by atoms with Gasteiger partial charge >= 0.3 is 18.1 Å². The molecule has 1 atom stereocenters. The summed E-state index contributed by atoms with van der Waals surface area (Å²) in [6, 6.07) is 0. The van der Waals surface area contributed by atoms with E-state index in [4.69, 9.17) is 0 Å². The zero-order chi connectivity index (χ0) is 15.3. The van der Waals surface area contributed by atoms with Crippen LogP contribution in [0.4, 0.5) is 22.0 Å². The molecule has 19 heavy (non-hydrogen) atoms. The molecule has 0 rings (SSSR count). The second-order valence-electron chi connectivity index (χ2n) is 3.63. The quantitative estimate of drug-likeness (QED) is 0.462. The molecule has 0 aliphatic rings. The number of esters is 1. The molecule has 0 spiro atoms. The molecule has 1 amide bonds. The van der Waals surface area contributed by atoms with Crippen molar-refractivity contribution >= 4 is 11.9 Å². The van der Waals surface area contributed by atoms with Gasteiger partial charge in [0.05, 0.1) is 13.2 Å². The topological polar surface area (TPSA) is 55.4 Å². The fraction of sp³-hybridized carbons (Fsp3) is 0.800. The van der Waals surface area contributed by atoms with Crippen LogP contribution in [0.25, 0.3) is 0 Å². The number of amides is 1. The molecule has 0 bridgehead atoms. The molecular formula is C10H14F5NO3. The Balaban J connectivity index is 4.56. The van der Waals surface area contributed by atoms with Crippen LogP contribution in [0.1, 0.15) is 20.3 Å². The maximum atomic E-state index is 12.6. The van der Waals surface area contributed by atoms with Crippen molar-refractivity contribution in [1.82, 2.24) is 5.32 Å². The molecule has 0 aliphatic carbocycles. The number of carbonyl (C=O) groups is 2. The summed E-state index contributed by atoms with van der Waals surface area (Å²) in [4.78, 5) is 22.6. The van der Waals surface area contributed by atoms with Crippen molar-refractivity contribution in [2.75, 3.05) is 13.2 Å². The zero-order valence-electron chi connectivity index (χ0n) is 10.3. The second kappa shape index (κ2) is 6.67. The minimum atomic E-state index is -5.76. The van der Waals surface area contributed by atoms with Gasteiger partial charge < -0.3 is 10.1 Å². The summed E-state index contributed by atoms with van der Waals surface area (Å²) in [5, 5.41) is 1.41. The number of nitrogens with one attached hydrogen (secondary N) is 1. The minimum Gasteiger partial charge on any atom is -0.465 e. The SMILES string of the molecule is CCOC(=O)C(CC)C(=O)NCC(F)(F)C(F)(F)F. The molecular weight excluding hydrogens is 277 g/mol. The molecule has 0 radical (unpaired) electrons. The van der Waals surface area contributed by atoms with Crippen molar-refractivity contribution in [1.29, 1.82) is 0 Å². The van der Waals surface area contributed by atoms with E-state index in [9.17, 15) is 31.5 Å². The molecule has 0 aromatic carbocycles.